The first-order chi connectivity index (χ1) is 12.6. The van der Waals surface area contributed by atoms with Gasteiger partial charge in [-0.15, -0.1) is 21.8 Å². The van der Waals surface area contributed by atoms with Crippen LogP contribution in [0.3, 0.4) is 0 Å². The van der Waals surface area contributed by atoms with Crippen LogP contribution in [0, 0.1) is 0 Å². The van der Waals surface area contributed by atoms with Crippen molar-refractivity contribution < 1.29 is 9.53 Å². The number of halogens is 2. The van der Waals surface area contributed by atoms with E-state index in [1.165, 1.54) is 11.3 Å². The third kappa shape index (κ3) is 2.94. The first-order valence-corrected chi connectivity index (χ1v) is 9.42. The minimum absolute atomic E-state index is 0.175. The second-order valence-corrected chi connectivity index (χ2v) is 7.59. The average Bonchev–Trinajstić information content (AvgIpc) is 3.15. The zero-order valence-electron chi connectivity index (χ0n) is 13.6. The molecular weight excluding hydrogens is 393 g/mol. The Morgan fingerprint density at radius 1 is 1.08 bits per heavy atom. The number of hydrogen-bond acceptors (Lipinski definition) is 5. The van der Waals surface area contributed by atoms with Crippen LogP contribution in [0.25, 0.3) is 10.6 Å². The number of hydrogen-bond donors (Lipinski definition) is 0. The van der Waals surface area contributed by atoms with Gasteiger partial charge in [0.25, 0.3) is 0 Å². The number of methoxy groups -OCH3 is 1. The highest BCUT2D eigenvalue weighted by Crippen LogP contribution is 2.44. The predicted molar refractivity (Wildman–Crippen MR) is 103 cm³/mol. The Bertz CT molecular complexity index is 944. The number of ether oxygens (including phenoxy) is 1. The van der Waals surface area contributed by atoms with Crippen LogP contribution in [0.5, 0.6) is 5.75 Å². The third-order valence-corrected chi connectivity index (χ3v) is 5.85. The van der Waals surface area contributed by atoms with E-state index in [0.717, 1.165) is 21.9 Å². The lowest BCUT2D eigenvalue weighted by Crippen LogP contribution is -2.56. The van der Waals surface area contributed by atoms with Gasteiger partial charge in [-0.2, -0.15) is 0 Å². The number of amides is 1. The van der Waals surface area contributed by atoms with Crippen LogP contribution in [-0.2, 0) is 4.79 Å². The number of benzene rings is 2. The Hall–Kier alpha value is -2.15. The summed E-state index contributed by atoms with van der Waals surface area (Å²) in [7, 11) is 1.61. The number of alkyl halides is 1. The molecule has 1 fully saturated rings. The highest BCUT2D eigenvalue weighted by atomic mass is 35.5. The Kier molecular flexibility index (Phi) is 4.56. The predicted octanol–water partition coefficient (Wildman–Crippen LogP) is 4.56. The number of β-lactam (4-membered cyclic amide) rings is 1. The van der Waals surface area contributed by atoms with Crippen LogP contribution in [0.1, 0.15) is 11.6 Å². The summed E-state index contributed by atoms with van der Waals surface area (Å²) in [5.41, 5.74) is 1.82. The first kappa shape index (κ1) is 17.3. The Morgan fingerprint density at radius 2 is 1.77 bits per heavy atom. The molecule has 2 unspecified atom stereocenters. The van der Waals surface area contributed by atoms with Crippen LogP contribution in [-0.4, -0.2) is 28.6 Å². The van der Waals surface area contributed by atoms with Crippen molar-refractivity contribution in [3.63, 3.8) is 0 Å². The van der Waals surface area contributed by atoms with Crippen molar-refractivity contribution in [3.8, 4) is 16.3 Å². The first-order valence-electron chi connectivity index (χ1n) is 7.79. The fourth-order valence-electron chi connectivity index (χ4n) is 2.81. The molecule has 0 N–H and O–H groups in total. The maximum absolute atomic E-state index is 12.3. The number of aromatic nitrogens is 2. The van der Waals surface area contributed by atoms with Crippen molar-refractivity contribution >= 4 is 45.6 Å². The number of anilines is 1. The molecule has 3 aromatic rings. The van der Waals surface area contributed by atoms with Crippen molar-refractivity contribution in [2.75, 3.05) is 12.0 Å². The van der Waals surface area contributed by atoms with Gasteiger partial charge in [0.15, 0.2) is 0 Å². The molecule has 1 saturated heterocycles. The van der Waals surface area contributed by atoms with Crippen molar-refractivity contribution in [2.24, 2.45) is 0 Å². The second kappa shape index (κ2) is 6.87. The van der Waals surface area contributed by atoms with Crippen molar-refractivity contribution in [1.29, 1.82) is 0 Å². The van der Waals surface area contributed by atoms with Gasteiger partial charge in [0.2, 0.25) is 11.0 Å². The van der Waals surface area contributed by atoms with Crippen molar-refractivity contribution in [1.82, 2.24) is 10.2 Å². The van der Waals surface area contributed by atoms with E-state index < -0.39 is 5.38 Å². The molecule has 8 heteroatoms. The van der Waals surface area contributed by atoms with E-state index in [4.69, 9.17) is 27.9 Å². The number of carbonyl (C=O) groups excluding carboxylic acids is 1. The fourth-order valence-corrected chi connectivity index (χ4v) is 4.19. The summed E-state index contributed by atoms with van der Waals surface area (Å²) in [5, 5.41) is 9.67. The maximum Gasteiger partial charge on any atom is 0.250 e. The van der Waals surface area contributed by atoms with E-state index in [1.807, 2.05) is 36.4 Å². The minimum atomic E-state index is -0.619. The molecule has 0 aliphatic carbocycles. The molecular formula is C18H13Cl2N3O2S. The normalized spacial score (nSPS) is 19.3. The van der Waals surface area contributed by atoms with E-state index in [9.17, 15) is 4.79 Å². The number of rotatable bonds is 4. The van der Waals surface area contributed by atoms with Gasteiger partial charge in [-0.05, 0) is 29.8 Å². The highest BCUT2D eigenvalue weighted by molar-refractivity contribution is 7.18. The molecule has 5 nitrogen and oxygen atoms in total. The molecule has 2 heterocycles. The molecule has 1 aliphatic heterocycles. The van der Waals surface area contributed by atoms with Crippen molar-refractivity contribution in [2.45, 2.75) is 11.4 Å². The van der Waals surface area contributed by atoms with E-state index >= 15 is 0 Å². The van der Waals surface area contributed by atoms with E-state index in [1.54, 1.807) is 24.1 Å². The van der Waals surface area contributed by atoms with Crippen LogP contribution >= 0.6 is 34.5 Å². The summed E-state index contributed by atoms with van der Waals surface area (Å²) in [6.07, 6.45) is 0. The maximum atomic E-state index is 12.3. The molecule has 0 saturated carbocycles. The molecule has 0 radical (unpaired) electrons. The second-order valence-electron chi connectivity index (χ2n) is 5.72. The van der Waals surface area contributed by atoms with Crippen molar-refractivity contribution in [3.05, 3.63) is 59.1 Å². The largest absolute Gasteiger partial charge is 0.497 e. The zero-order valence-corrected chi connectivity index (χ0v) is 15.9. The third-order valence-electron chi connectivity index (χ3n) is 4.20. The number of carbonyl (C=O) groups is 1. The van der Waals surface area contributed by atoms with E-state index in [-0.39, 0.29) is 11.9 Å². The van der Waals surface area contributed by atoms with Crippen LogP contribution in [0.15, 0.2) is 48.5 Å². The standard InChI is InChI=1S/C18H13Cl2N3O2S/c1-25-13-8-4-10(5-9-13)15-14(20)17(24)23(15)18-22-21-16(26-18)11-2-6-12(19)7-3-11/h2-9,14-15H,1H3. The molecule has 1 amide bonds. The van der Waals surface area contributed by atoms with Gasteiger partial charge in [-0.1, -0.05) is 47.2 Å². The summed E-state index contributed by atoms with van der Waals surface area (Å²) in [6.45, 7) is 0. The SMILES string of the molecule is COc1ccc(C2C(Cl)C(=O)N2c2nnc(-c3ccc(Cl)cc3)s2)cc1. The fraction of sp³-hybridized carbons (Fsp3) is 0.167. The van der Waals surface area contributed by atoms with Gasteiger partial charge in [0, 0.05) is 10.6 Å². The van der Waals surface area contributed by atoms with Gasteiger partial charge < -0.3 is 4.74 Å². The van der Waals surface area contributed by atoms with E-state index in [0.29, 0.717) is 10.2 Å². The highest BCUT2D eigenvalue weighted by Gasteiger charge is 2.49. The molecule has 2 aromatic carbocycles. The summed E-state index contributed by atoms with van der Waals surface area (Å²) in [4.78, 5) is 13.9. The summed E-state index contributed by atoms with van der Waals surface area (Å²) in [6, 6.07) is 14.5. The molecule has 4 rings (SSSR count). The summed E-state index contributed by atoms with van der Waals surface area (Å²) < 4.78 is 5.18. The molecule has 0 spiro atoms. The molecule has 132 valence electrons. The lowest BCUT2D eigenvalue weighted by Gasteiger charge is -2.42. The quantitative estimate of drug-likeness (QED) is 0.471. The Balaban J connectivity index is 1.63. The molecule has 2 atom stereocenters. The summed E-state index contributed by atoms with van der Waals surface area (Å²) >= 11 is 13.5. The van der Waals surface area contributed by atoms with Crippen LogP contribution in [0.4, 0.5) is 5.13 Å². The van der Waals surface area contributed by atoms with Gasteiger partial charge in [-0.25, -0.2) is 0 Å². The lowest BCUT2D eigenvalue weighted by molar-refractivity contribution is -0.123. The molecule has 1 aliphatic rings. The average molecular weight is 406 g/mol. The van der Waals surface area contributed by atoms with Gasteiger partial charge in [0.05, 0.1) is 13.2 Å². The molecule has 0 bridgehead atoms. The van der Waals surface area contributed by atoms with Gasteiger partial charge in [0.1, 0.15) is 16.1 Å². The monoisotopic (exact) mass is 405 g/mol. The summed E-state index contributed by atoms with van der Waals surface area (Å²) in [5.74, 6) is 0.573. The van der Waals surface area contributed by atoms with Crippen LogP contribution in [0.2, 0.25) is 5.02 Å². The lowest BCUT2D eigenvalue weighted by atomic mass is 9.94. The Labute approximate surface area is 164 Å². The minimum Gasteiger partial charge on any atom is -0.497 e. The molecule has 1 aromatic heterocycles. The number of nitrogens with zero attached hydrogens (tertiary/aromatic N) is 3. The smallest absolute Gasteiger partial charge is 0.250 e. The zero-order chi connectivity index (χ0) is 18.3. The van der Waals surface area contributed by atoms with E-state index in [2.05, 4.69) is 10.2 Å². The Morgan fingerprint density at radius 3 is 2.42 bits per heavy atom. The topological polar surface area (TPSA) is 55.3 Å². The molecule has 26 heavy (non-hydrogen) atoms. The van der Waals surface area contributed by atoms with Gasteiger partial charge >= 0.3 is 0 Å². The van der Waals surface area contributed by atoms with Crippen LogP contribution < -0.4 is 9.64 Å². The van der Waals surface area contributed by atoms with Gasteiger partial charge in [-0.3, -0.25) is 9.69 Å².